The summed E-state index contributed by atoms with van der Waals surface area (Å²) < 4.78 is 0. The summed E-state index contributed by atoms with van der Waals surface area (Å²) in [5.41, 5.74) is 3.73. The maximum atomic E-state index is 12.5. The number of hydrogen-bond donors (Lipinski definition) is 1. The Bertz CT molecular complexity index is 871. The SMILES string of the molecule is Cc1ccccc1N1CCN(c2ncccc2CNC(=O)[C@@H]2CC=CCC2)CC1. The van der Waals surface area contributed by atoms with Gasteiger partial charge in [0.1, 0.15) is 5.82 Å². The first kappa shape index (κ1) is 19.5. The van der Waals surface area contributed by atoms with E-state index in [1.54, 1.807) is 0 Å². The number of carbonyl (C=O) groups excluding carboxylic acids is 1. The Labute approximate surface area is 173 Å². The monoisotopic (exact) mass is 390 g/mol. The molecule has 2 aromatic rings. The highest BCUT2D eigenvalue weighted by molar-refractivity contribution is 5.79. The van der Waals surface area contributed by atoms with Gasteiger partial charge >= 0.3 is 0 Å². The molecule has 0 saturated carbocycles. The van der Waals surface area contributed by atoms with E-state index in [1.807, 2.05) is 12.3 Å². The number of aromatic nitrogens is 1. The summed E-state index contributed by atoms with van der Waals surface area (Å²) in [5, 5.41) is 3.14. The minimum absolute atomic E-state index is 0.109. The van der Waals surface area contributed by atoms with Crippen molar-refractivity contribution < 1.29 is 4.79 Å². The molecule has 0 unspecified atom stereocenters. The van der Waals surface area contributed by atoms with Crippen LogP contribution in [-0.2, 0) is 11.3 Å². The van der Waals surface area contributed by atoms with Crippen LogP contribution in [-0.4, -0.2) is 37.1 Å². The number of nitrogens with one attached hydrogen (secondary N) is 1. The van der Waals surface area contributed by atoms with Crippen LogP contribution in [0.25, 0.3) is 0 Å². The van der Waals surface area contributed by atoms with E-state index in [2.05, 4.69) is 69.5 Å². The number of aryl methyl sites for hydroxylation is 1. The smallest absolute Gasteiger partial charge is 0.223 e. The third-order valence-electron chi connectivity index (χ3n) is 6.00. The molecule has 1 aliphatic heterocycles. The van der Waals surface area contributed by atoms with E-state index in [0.717, 1.165) is 56.8 Å². The normalized spacial score (nSPS) is 19.3. The lowest BCUT2D eigenvalue weighted by Gasteiger charge is -2.38. The Hall–Kier alpha value is -2.82. The van der Waals surface area contributed by atoms with E-state index in [4.69, 9.17) is 0 Å². The lowest BCUT2D eigenvalue weighted by atomic mass is 9.93. The highest BCUT2D eigenvalue weighted by atomic mass is 16.1. The summed E-state index contributed by atoms with van der Waals surface area (Å²) in [6.45, 7) is 6.52. The molecule has 4 rings (SSSR count). The third kappa shape index (κ3) is 4.61. The minimum atomic E-state index is 0.109. The highest BCUT2D eigenvalue weighted by Gasteiger charge is 2.22. The van der Waals surface area contributed by atoms with Crippen LogP contribution >= 0.6 is 0 Å². The fourth-order valence-electron chi connectivity index (χ4n) is 4.29. The number of pyridine rings is 1. The molecule has 1 aromatic carbocycles. The van der Waals surface area contributed by atoms with Gasteiger partial charge in [-0.05, 0) is 43.9 Å². The maximum Gasteiger partial charge on any atom is 0.223 e. The summed E-state index contributed by atoms with van der Waals surface area (Å²) in [4.78, 5) is 22.0. The van der Waals surface area contributed by atoms with Crippen molar-refractivity contribution in [2.24, 2.45) is 5.92 Å². The van der Waals surface area contributed by atoms with Crippen molar-refractivity contribution in [1.29, 1.82) is 0 Å². The quantitative estimate of drug-likeness (QED) is 0.791. The second kappa shape index (κ2) is 9.12. The van der Waals surface area contributed by atoms with Gasteiger partial charge in [0.2, 0.25) is 5.91 Å². The zero-order chi connectivity index (χ0) is 20.1. The van der Waals surface area contributed by atoms with Crippen molar-refractivity contribution in [3.63, 3.8) is 0 Å². The van der Waals surface area contributed by atoms with Gasteiger partial charge in [0.15, 0.2) is 0 Å². The summed E-state index contributed by atoms with van der Waals surface area (Å²) in [7, 11) is 0. The van der Waals surface area contributed by atoms with E-state index in [-0.39, 0.29) is 11.8 Å². The third-order valence-corrected chi connectivity index (χ3v) is 6.00. The molecule has 5 nitrogen and oxygen atoms in total. The Morgan fingerprint density at radius 2 is 1.86 bits per heavy atom. The molecule has 0 radical (unpaired) electrons. The first-order chi connectivity index (χ1) is 14.2. The maximum absolute atomic E-state index is 12.5. The molecule has 152 valence electrons. The predicted molar refractivity (Wildman–Crippen MR) is 118 cm³/mol. The Morgan fingerprint density at radius 3 is 2.62 bits per heavy atom. The number of carbonyl (C=O) groups is 1. The number of amides is 1. The number of hydrogen-bond acceptors (Lipinski definition) is 4. The van der Waals surface area contributed by atoms with Crippen molar-refractivity contribution in [2.45, 2.75) is 32.7 Å². The minimum Gasteiger partial charge on any atom is -0.368 e. The molecule has 1 N–H and O–H groups in total. The van der Waals surface area contributed by atoms with Crippen LogP contribution in [0.3, 0.4) is 0 Å². The molecule has 1 aromatic heterocycles. The Kier molecular flexibility index (Phi) is 6.13. The van der Waals surface area contributed by atoms with Crippen LogP contribution in [0.4, 0.5) is 11.5 Å². The Morgan fingerprint density at radius 1 is 1.07 bits per heavy atom. The van der Waals surface area contributed by atoms with E-state index in [0.29, 0.717) is 6.54 Å². The zero-order valence-corrected chi connectivity index (χ0v) is 17.2. The van der Waals surface area contributed by atoms with E-state index in [1.165, 1.54) is 11.3 Å². The van der Waals surface area contributed by atoms with Gasteiger partial charge in [0.05, 0.1) is 0 Å². The number of nitrogens with zero attached hydrogens (tertiary/aromatic N) is 3. The van der Waals surface area contributed by atoms with Gasteiger partial charge in [-0.2, -0.15) is 0 Å². The lowest BCUT2D eigenvalue weighted by Crippen LogP contribution is -2.47. The van der Waals surface area contributed by atoms with Crippen molar-refractivity contribution in [3.05, 3.63) is 65.9 Å². The van der Waals surface area contributed by atoms with Gasteiger partial charge in [0, 0.05) is 56.1 Å². The number of piperazine rings is 1. The number of rotatable bonds is 5. The standard InChI is InChI=1S/C24H30N4O/c1-19-8-5-6-12-22(19)27-14-16-28(17-15-27)23-21(11-7-13-25-23)18-26-24(29)20-9-3-2-4-10-20/h2-3,5-8,11-13,20H,4,9-10,14-18H2,1H3,(H,26,29)/t20-/m1/s1. The molecular formula is C24H30N4O. The molecule has 1 amide bonds. The molecule has 5 heteroatoms. The fourth-order valence-corrected chi connectivity index (χ4v) is 4.29. The van der Waals surface area contributed by atoms with E-state index < -0.39 is 0 Å². The number of allylic oxidation sites excluding steroid dienone is 2. The van der Waals surface area contributed by atoms with Gasteiger partial charge < -0.3 is 15.1 Å². The molecule has 0 bridgehead atoms. The second-order valence-electron chi connectivity index (χ2n) is 7.95. The van der Waals surface area contributed by atoms with E-state index in [9.17, 15) is 4.79 Å². The molecule has 2 heterocycles. The van der Waals surface area contributed by atoms with Crippen molar-refractivity contribution >= 4 is 17.4 Å². The van der Waals surface area contributed by atoms with Crippen LogP contribution < -0.4 is 15.1 Å². The molecule has 2 aliphatic rings. The van der Waals surface area contributed by atoms with Crippen LogP contribution in [0.5, 0.6) is 0 Å². The van der Waals surface area contributed by atoms with Gasteiger partial charge in [-0.1, -0.05) is 36.4 Å². The average molecular weight is 391 g/mol. The van der Waals surface area contributed by atoms with Crippen molar-refractivity contribution in [1.82, 2.24) is 10.3 Å². The zero-order valence-electron chi connectivity index (χ0n) is 17.2. The van der Waals surface area contributed by atoms with Gasteiger partial charge in [-0.25, -0.2) is 4.98 Å². The molecule has 0 spiro atoms. The molecular weight excluding hydrogens is 360 g/mol. The van der Waals surface area contributed by atoms with Crippen LogP contribution in [0.1, 0.15) is 30.4 Å². The average Bonchev–Trinajstić information content (AvgIpc) is 2.79. The van der Waals surface area contributed by atoms with Crippen molar-refractivity contribution in [3.8, 4) is 0 Å². The van der Waals surface area contributed by atoms with E-state index >= 15 is 0 Å². The summed E-state index contributed by atoms with van der Waals surface area (Å²) in [5.74, 6) is 1.27. The highest BCUT2D eigenvalue weighted by Crippen LogP contribution is 2.24. The van der Waals surface area contributed by atoms with Gasteiger partial charge in [0.25, 0.3) is 0 Å². The number of benzene rings is 1. The number of anilines is 2. The summed E-state index contributed by atoms with van der Waals surface area (Å²) >= 11 is 0. The molecule has 1 saturated heterocycles. The largest absolute Gasteiger partial charge is 0.368 e. The van der Waals surface area contributed by atoms with Crippen LogP contribution in [0.2, 0.25) is 0 Å². The molecule has 1 fully saturated rings. The van der Waals surface area contributed by atoms with Gasteiger partial charge in [-0.3, -0.25) is 4.79 Å². The van der Waals surface area contributed by atoms with Gasteiger partial charge in [-0.15, -0.1) is 0 Å². The second-order valence-corrected chi connectivity index (χ2v) is 7.95. The molecule has 1 atom stereocenters. The molecule has 1 aliphatic carbocycles. The first-order valence-corrected chi connectivity index (χ1v) is 10.6. The van der Waals surface area contributed by atoms with Crippen LogP contribution in [0, 0.1) is 12.8 Å². The summed E-state index contributed by atoms with van der Waals surface area (Å²) in [6.07, 6.45) is 8.94. The van der Waals surface area contributed by atoms with Crippen LogP contribution in [0.15, 0.2) is 54.7 Å². The van der Waals surface area contributed by atoms with Crippen molar-refractivity contribution in [2.75, 3.05) is 36.0 Å². The lowest BCUT2D eigenvalue weighted by molar-refractivity contribution is -0.125. The fraction of sp³-hybridized carbons (Fsp3) is 0.417. The topological polar surface area (TPSA) is 48.5 Å². The number of para-hydroxylation sites is 1. The first-order valence-electron chi connectivity index (χ1n) is 10.6. The predicted octanol–water partition coefficient (Wildman–Crippen LogP) is 3.69. The molecule has 29 heavy (non-hydrogen) atoms. The summed E-state index contributed by atoms with van der Waals surface area (Å²) in [6, 6.07) is 12.6. The Balaban J connectivity index is 1.38.